The molecule has 1 aromatic rings. The molecule has 0 saturated carbocycles. The van der Waals surface area contributed by atoms with Gasteiger partial charge < -0.3 is 19.3 Å². The smallest absolute Gasteiger partial charge is 0.163 e. The number of piperazine rings is 1. The van der Waals surface area contributed by atoms with Crippen LogP contribution in [0.5, 0.6) is 11.5 Å². The molecule has 0 bridgehead atoms. The van der Waals surface area contributed by atoms with Crippen LogP contribution in [0.2, 0.25) is 0 Å². The van der Waals surface area contributed by atoms with Gasteiger partial charge in [-0.3, -0.25) is 0 Å². The summed E-state index contributed by atoms with van der Waals surface area (Å²) in [4.78, 5) is 4.70. The summed E-state index contributed by atoms with van der Waals surface area (Å²) in [7, 11) is 2.16. The van der Waals surface area contributed by atoms with Crippen LogP contribution in [0.1, 0.15) is 6.42 Å². The van der Waals surface area contributed by atoms with Crippen molar-refractivity contribution in [2.24, 2.45) is 0 Å². The van der Waals surface area contributed by atoms with Crippen LogP contribution in [0.25, 0.3) is 0 Å². The zero-order valence-corrected chi connectivity index (χ0v) is 10.8. The fourth-order valence-corrected chi connectivity index (χ4v) is 2.33. The lowest BCUT2D eigenvalue weighted by Gasteiger charge is -2.34. The van der Waals surface area contributed by atoms with Crippen molar-refractivity contribution in [2.45, 2.75) is 6.42 Å². The molecule has 2 heterocycles. The molecule has 1 fully saturated rings. The Hall–Kier alpha value is -1.42. The molecule has 3 rings (SSSR count). The first-order chi connectivity index (χ1) is 8.83. The van der Waals surface area contributed by atoms with Gasteiger partial charge in [-0.1, -0.05) is 0 Å². The highest BCUT2D eigenvalue weighted by atomic mass is 16.5. The first-order valence-electron chi connectivity index (χ1n) is 6.58. The molecule has 0 N–H and O–H groups in total. The third kappa shape index (κ3) is 2.38. The average Bonchev–Trinajstić information content (AvgIpc) is 2.64. The van der Waals surface area contributed by atoms with Crippen molar-refractivity contribution >= 4 is 5.69 Å². The molecule has 0 unspecified atom stereocenters. The van der Waals surface area contributed by atoms with Gasteiger partial charge in [-0.25, -0.2) is 0 Å². The van der Waals surface area contributed by atoms with Gasteiger partial charge in [0.25, 0.3) is 0 Å². The average molecular weight is 247 g/mol. The van der Waals surface area contributed by atoms with Crippen LogP contribution in [0.3, 0.4) is 0 Å². The second-order valence-electron chi connectivity index (χ2n) is 4.89. The molecule has 2 aliphatic heterocycles. The summed E-state index contributed by atoms with van der Waals surface area (Å²) in [6.07, 6.45) is 0.943. The first-order valence-corrected chi connectivity index (χ1v) is 6.58. The predicted molar refractivity (Wildman–Crippen MR) is 70.6 cm³/mol. The van der Waals surface area contributed by atoms with E-state index in [1.165, 1.54) is 0 Å². The fourth-order valence-electron chi connectivity index (χ4n) is 2.33. The molecule has 0 aliphatic carbocycles. The van der Waals surface area contributed by atoms with Gasteiger partial charge in [0.2, 0.25) is 0 Å². The van der Waals surface area contributed by atoms with E-state index >= 15 is 0 Å². The molecular weight excluding hydrogens is 228 g/mol. The highest BCUT2D eigenvalue weighted by Crippen LogP contribution is 2.33. The van der Waals surface area contributed by atoms with E-state index < -0.39 is 0 Å². The van der Waals surface area contributed by atoms with E-state index in [0.29, 0.717) is 0 Å². The van der Waals surface area contributed by atoms with Crippen LogP contribution in [-0.4, -0.2) is 51.3 Å². The third-order valence-electron chi connectivity index (χ3n) is 3.51. The van der Waals surface area contributed by atoms with Crippen LogP contribution in [0, 0.1) is 6.07 Å². The van der Waals surface area contributed by atoms with Gasteiger partial charge in [0, 0.05) is 50.4 Å². The Labute approximate surface area is 108 Å². The number of rotatable bonds is 1. The Kier molecular flexibility index (Phi) is 3.28. The molecule has 1 radical (unpaired) electrons. The number of fused-ring (bicyclic) bond motifs is 1. The SMILES string of the molecule is CN1CCN(c2[c]cc3c(c2)OCCCO3)CC1. The molecule has 4 heteroatoms. The molecule has 0 aromatic heterocycles. The highest BCUT2D eigenvalue weighted by molar-refractivity contribution is 5.56. The van der Waals surface area contributed by atoms with Gasteiger partial charge in [-0.2, -0.15) is 0 Å². The van der Waals surface area contributed by atoms with Crippen molar-refractivity contribution in [2.75, 3.05) is 51.3 Å². The summed E-state index contributed by atoms with van der Waals surface area (Å²) in [6.45, 7) is 5.76. The maximum absolute atomic E-state index is 5.72. The number of ether oxygens (including phenoxy) is 2. The van der Waals surface area contributed by atoms with Gasteiger partial charge in [-0.15, -0.1) is 0 Å². The van der Waals surface area contributed by atoms with Crippen LogP contribution in [0.15, 0.2) is 12.1 Å². The topological polar surface area (TPSA) is 24.9 Å². The number of nitrogens with zero attached hydrogens (tertiary/aromatic N) is 2. The van der Waals surface area contributed by atoms with E-state index in [1.807, 2.05) is 6.07 Å². The van der Waals surface area contributed by atoms with Crippen molar-refractivity contribution in [1.82, 2.24) is 4.90 Å². The highest BCUT2D eigenvalue weighted by Gasteiger charge is 2.17. The summed E-state index contributed by atoms with van der Waals surface area (Å²) in [6, 6.07) is 7.28. The Morgan fingerprint density at radius 1 is 1.06 bits per heavy atom. The third-order valence-corrected chi connectivity index (χ3v) is 3.51. The van der Waals surface area contributed by atoms with Gasteiger partial charge >= 0.3 is 0 Å². The number of anilines is 1. The van der Waals surface area contributed by atoms with Gasteiger partial charge in [0.1, 0.15) is 0 Å². The molecular formula is C14H19N2O2. The molecule has 0 amide bonds. The van der Waals surface area contributed by atoms with Crippen molar-refractivity contribution in [3.8, 4) is 11.5 Å². The summed E-state index contributed by atoms with van der Waals surface area (Å²) in [5.74, 6) is 1.69. The lowest BCUT2D eigenvalue weighted by Crippen LogP contribution is -2.44. The molecule has 97 valence electrons. The van der Waals surface area contributed by atoms with Crippen molar-refractivity contribution < 1.29 is 9.47 Å². The zero-order valence-electron chi connectivity index (χ0n) is 10.8. The Balaban J connectivity index is 1.79. The van der Waals surface area contributed by atoms with E-state index in [2.05, 4.69) is 29.0 Å². The maximum Gasteiger partial charge on any atom is 0.163 e. The van der Waals surface area contributed by atoms with E-state index in [0.717, 1.165) is 63.0 Å². The van der Waals surface area contributed by atoms with Gasteiger partial charge in [0.15, 0.2) is 11.5 Å². The molecule has 1 aromatic carbocycles. The van der Waals surface area contributed by atoms with Crippen LogP contribution in [0.4, 0.5) is 5.69 Å². The summed E-state index contributed by atoms with van der Waals surface area (Å²) < 4.78 is 11.3. The lowest BCUT2D eigenvalue weighted by atomic mass is 10.2. The number of likely N-dealkylation sites (N-methyl/N-ethyl adjacent to an activating group) is 1. The lowest BCUT2D eigenvalue weighted by molar-refractivity contribution is 0.297. The minimum atomic E-state index is 0.731. The monoisotopic (exact) mass is 247 g/mol. The standard InChI is InChI=1S/C14H19N2O2/c1-15-5-7-16(8-6-15)12-3-4-13-14(11-12)18-10-2-9-17-13/h4,11H,2,5-10H2,1H3. The van der Waals surface area contributed by atoms with E-state index in [1.54, 1.807) is 0 Å². The van der Waals surface area contributed by atoms with Crippen LogP contribution >= 0.6 is 0 Å². The second kappa shape index (κ2) is 5.06. The first kappa shape index (κ1) is 11.7. The number of benzene rings is 1. The van der Waals surface area contributed by atoms with E-state index in [9.17, 15) is 0 Å². The predicted octanol–water partition coefficient (Wildman–Crippen LogP) is 1.40. The van der Waals surface area contributed by atoms with E-state index in [-0.39, 0.29) is 0 Å². The Bertz CT molecular complexity index is 414. The van der Waals surface area contributed by atoms with E-state index in [4.69, 9.17) is 9.47 Å². The molecule has 0 atom stereocenters. The summed E-state index contributed by atoms with van der Waals surface area (Å²) in [5.41, 5.74) is 1.12. The molecule has 2 aliphatic rings. The summed E-state index contributed by atoms with van der Waals surface area (Å²) in [5, 5.41) is 0. The van der Waals surface area contributed by atoms with Gasteiger partial charge in [-0.05, 0) is 13.1 Å². The summed E-state index contributed by atoms with van der Waals surface area (Å²) >= 11 is 0. The minimum absolute atomic E-state index is 0.731. The Morgan fingerprint density at radius 2 is 1.78 bits per heavy atom. The maximum atomic E-state index is 5.72. The molecule has 18 heavy (non-hydrogen) atoms. The van der Waals surface area contributed by atoms with Crippen molar-refractivity contribution in [1.29, 1.82) is 0 Å². The zero-order chi connectivity index (χ0) is 12.4. The largest absolute Gasteiger partial charge is 0.490 e. The quantitative estimate of drug-likeness (QED) is 0.749. The fraction of sp³-hybridized carbons (Fsp3) is 0.571. The molecule has 1 saturated heterocycles. The second-order valence-corrected chi connectivity index (χ2v) is 4.89. The Morgan fingerprint density at radius 3 is 2.56 bits per heavy atom. The number of hydrogen-bond donors (Lipinski definition) is 0. The van der Waals surface area contributed by atoms with Crippen LogP contribution in [-0.2, 0) is 0 Å². The number of hydrogen-bond acceptors (Lipinski definition) is 4. The minimum Gasteiger partial charge on any atom is -0.490 e. The van der Waals surface area contributed by atoms with Crippen LogP contribution < -0.4 is 14.4 Å². The van der Waals surface area contributed by atoms with Crippen molar-refractivity contribution in [3.63, 3.8) is 0 Å². The normalized spacial score (nSPS) is 20.6. The molecule has 0 spiro atoms. The molecule has 4 nitrogen and oxygen atoms in total. The van der Waals surface area contributed by atoms with Crippen molar-refractivity contribution in [3.05, 3.63) is 18.2 Å². The van der Waals surface area contributed by atoms with Gasteiger partial charge in [0.05, 0.1) is 13.2 Å².